The zero-order valence-electron chi connectivity index (χ0n) is 11.5. The SMILES string of the molecule is N#Cc1ccc(-c2cn3nc(-c4ccccc4)sc3n2)cc1. The highest BCUT2D eigenvalue weighted by Crippen LogP contribution is 2.27. The maximum absolute atomic E-state index is 8.84. The third-order valence-corrected chi connectivity index (χ3v) is 4.35. The zero-order chi connectivity index (χ0) is 14.9. The summed E-state index contributed by atoms with van der Waals surface area (Å²) in [5, 5.41) is 14.4. The number of aromatic nitrogens is 3. The molecule has 2 heterocycles. The summed E-state index contributed by atoms with van der Waals surface area (Å²) in [5.41, 5.74) is 3.59. The average Bonchev–Trinajstić information content (AvgIpc) is 3.15. The van der Waals surface area contributed by atoms with Crippen LogP contribution in [0.4, 0.5) is 0 Å². The number of benzene rings is 2. The van der Waals surface area contributed by atoms with Gasteiger partial charge in [-0.15, -0.1) is 0 Å². The molecule has 4 rings (SSSR count). The normalized spacial score (nSPS) is 10.7. The summed E-state index contributed by atoms with van der Waals surface area (Å²) >= 11 is 1.56. The van der Waals surface area contributed by atoms with Gasteiger partial charge in [0.05, 0.1) is 23.5 Å². The molecular formula is C17H10N4S. The molecule has 4 aromatic rings. The van der Waals surface area contributed by atoms with Crippen LogP contribution in [0.3, 0.4) is 0 Å². The lowest BCUT2D eigenvalue weighted by molar-refractivity contribution is 0.978. The number of imidazole rings is 1. The lowest BCUT2D eigenvalue weighted by atomic mass is 10.1. The number of hydrogen-bond acceptors (Lipinski definition) is 4. The molecule has 0 aliphatic rings. The minimum atomic E-state index is 0.647. The molecule has 0 fully saturated rings. The maximum atomic E-state index is 8.84. The Labute approximate surface area is 130 Å². The van der Waals surface area contributed by atoms with Crippen LogP contribution in [0.2, 0.25) is 0 Å². The monoisotopic (exact) mass is 302 g/mol. The second kappa shape index (κ2) is 5.10. The van der Waals surface area contributed by atoms with Crippen LogP contribution in [0.5, 0.6) is 0 Å². The highest BCUT2D eigenvalue weighted by atomic mass is 32.1. The number of hydrogen-bond donors (Lipinski definition) is 0. The maximum Gasteiger partial charge on any atom is 0.213 e. The summed E-state index contributed by atoms with van der Waals surface area (Å²) in [6, 6.07) is 19.6. The average molecular weight is 302 g/mol. The molecular weight excluding hydrogens is 292 g/mol. The van der Waals surface area contributed by atoms with E-state index < -0.39 is 0 Å². The van der Waals surface area contributed by atoms with E-state index in [0.29, 0.717) is 5.56 Å². The van der Waals surface area contributed by atoms with Gasteiger partial charge in [-0.05, 0) is 12.1 Å². The van der Waals surface area contributed by atoms with E-state index in [1.165, 1.54) is 0 Å². The first-order chi connectivity index (χ1) is 10.8. The molecule has 4 nitrogen and oxygen atoms in total. The lowest BCUT2D eigenvalue weighted by Crippen LogP contribution is -1.82. The van der Waals surface area contributed by atoms with Gasteiger partial charge in [0.15, 0.2) is 0 Å². The highest BCUT2D eigenvalue weighted by molar-refractivity contribution is 7.19. The zero-order valence-corrected chi connectivity index (χ0v) is 12.3. The summed E-state index contributed by atoms with van der Waals surface area (Å²) in [5.74, 6) is 0. The van der Waals surface area contributed by atoms with Crippen molar-refractivity contribution in [2.75, 3.05) is 0 Å². The Morgan fingerprint density at radius 3 is 2.41 bits per heavy atom. The molecule has 0 spiro atoms. The summed E-state index contributed by atoms with van der Waals surface area (Å²) < 4.78 is 1.81. The van der Waals surface area contributed by atoms with Crippen molar-refractivity contribution >= 4 is 16.3 Å². The molecule has 22 heavy (non-hydrogen) atoms. The molecule has 2 aromatic heterocycles. The van der Waals surface area contributed by atoms with E-state index >= 15 is 0 Å². The van der Waals surface area contributed by atoms with Gasteiger partial charge in [-0.3, -0.25) is 0 Å². The first-order valence-corrected chi connectivity index (χ1v) is 7.57. The van der Waals surface area contributed by atoms with E-state index in [1.54, 1.807) is 28.0 Å². The van der Waals surface area contributed by atoms with Gasteiger partial charge in [-0.25, -0.2) is 9.50 Å². The fourth-order valence-electron chi connectivity index (χ4n) is 2.25. The summed E-state index contributed by atoms with van der Waals surface area (Å²) in [6.45, 7) is 0. The topological polar surface area (TPSA) is 54.0 Å². The molecule has 0 amide bonds. The largest absolute Gasteiger partial charge is 0.217 e. The summed E-state index contributed by atoms with van der Waals surface area (Å²) in [4.78, 5) is 5.48. The van der Waals surface area contributed by atoms with Crippen molar-refractivity contribution in [2.24, 2.45) is 0 Å². The molecule has 0 radical (unpaired) electrons. The molecule has 2 aromatic carbocycles. The van der Waals surface area contributed by atoms with Crippen LogP contribution >= 0.6 is 11.3 Å². The second-order valence-electron chi connectivity index (χ2n) is 4.82. The summed E-state index contributed by atoms with van der Waals surface area (Å²) in [7, 11) is 0. The van der Waals surface area contributed by atoms with Gasteiger partial charge in [-0.1, -0.05) is 53.8 Å². The number of nitriles is 1. The molecule has 0 N–H and O–H groups in total. The third-order valence-electron chi connectivity index (χ3n) is 3.37. The van der Waals surface area contributed by atoms with E-state index in [4.69, 9.17) is 5.26 Å². The van der Waals surface area contributed by atoms with Crippen LogP contribution in [0.1, 0.15) is 5.56 Å². The second-order valence-corrected chi connectivity index (χ2v) is 5.77. The van der Waals surface area contributed by atoms with Crippen LogP contribution in [0.15, 0.2) is 60.8 Å². The van der Waals surface area contributed by atoms with E-state index in [2.05, 4.69) is 16.2 Å². The van der Waals surface area contributed by atoms with Crippen molar-refractivity contribution in [1.82, 2.24) is 14.6 Å². The minimum Gasteiger partial charge on any atom is -0.217 e. The van der Waals surface area contributed by atoms with Crippen LogP contribution in [0, 0.1) is 11.3 Å². The van der Waals surface area contributed by atoms with Crippen molar-refractivity contribution in [3.05, 3.63) is 66.4 Å². The Balaban J connectivity index is 1.73. The summed E-state index contributed by atoms with van der Waals surface area (Å²) in [6.07, 6.45) is 1.92. The van der Waals surface area contributed by atoms with Gasteiger partial charge in [0.1, 0.15) is 5.01 Å². The van der Waals surface area contributed by atoms with Gasteiger partial charge in [0.25, 0.3) is 0 Å². The van der Waals surface area contributed by atoms with Gasteiger partial charge >= 0.3 is 0 Å². The fraction of sp³-hybridized carbons (Fsp3) is 0. The van der Waals surface area contributed by atoms with Gasteiger partial charge in [0, 0.05) is 11.1 Å². The number of nitrogens with zero attached hydrogens (tertiary/aromatic N) is 4. The first-order valence-electron chi connectivity index (χ1n) is 6.76. The Kier molecular flexibility index (Phi) is 2.95. The van der Waals surface area contributed by atoms with E-state index in [1.807, 2.05) is 48.7 Å². The van der Waals surface area contributed by atoms with Crippen molar-refractivity contribution in [1.29, 1.82) is 5.26 Å². The molecule has 0 unspecified atom stereocenters. The fourth-order valence-corrected chi connectivity index (χ4v) is 3.14. The van der Waals surface area contributed by atoms with Crippen LogP contribution < -0.4 is 0 Å². The van der Waals surface area contributed by atoms with Crippen LogP contribution in [0.25, 0.3) is 26.8 Å². The minimum absolute atomic E-state index is 0.647. The molecule has 0 atom stereocenters. The Morgan fingerprint density at radius 2 is 1.73 bits per heavy atom. The van der Waals surface area contributed by atoms with Crippen molar-refractivity contribution in [3.8, 4) is 27.9 Å². The molecule has 0 saturated carbocycles. The molecule has 0 aliphatic heterocycles. The Morgan fingerprint density at radius 1 is 0.955 bits per heavy atom. The lowest BCUT2D eigenvalue weighted by Gasteiger charge is -1.95. The van der Waals surface area contributed by atoms with Crippen LogP contribution in [-0.2, 0) is 0 Å². The third kappa shape index (κ3) is 2.16. The predicted molar refractivity (Wildman–Crippen MR) is 86.5 cm³/mol. The molecule has 0 bridgehead atoms. The molecule has 0 aliphatic carbocycles. The smallest absolute Gasteiger partial charge is 0.213 e. The van der Waals surface area contributed by atoms with Gasteiger partial charge in [-0.2, -0.15) is 10.4 Å². The molecule has 104 valence electrons. The van der Waals surface area contributed by atoms with Crippen molar-refractivity contribution < 1.29 is 0 Å². The van der Waals surface area contributed by atoms with Crippen molar-refractivity contribution in [2.45, 2.75) is 0 Å². The number of fused-ring (bicyclic) bond motifs is 1. The molecule has 0 saturated heterocycles. The predicted octanol–water partition coefficient (Wildman–Crippen LogP) is 4.00. The van der Waals surface area contributed by atoms with E-state index in [-0.39, 0.29) is 0 Å². The van der Waals surface area contributed by atoms with Crippen molar-refractivity contribution in [3.63, 3.8) is 0 Å². The Bertz CT molecular complexity index is 944. The number of rotatable bonds is 2. The highest BCUT2D eigenvalue weighted by Gasteiger charge is 2.10. The quantitative estimate of drug-likeness (QED) is 0.562. The standard InChI is InChI=1S/C17H10N4S/c18-10-12-6-8-13(9-7-12)15-11-21-17(19-15)22-16(20-21)14-4-2-1-3-5-14/h1-9,11H. The van der Waals surface area contributed by atoms with Crippen LogP contribution in [-0.4, -0.2) is 14.6 Å². The van der Waals surface area contributed by atoms with Gasteiger partial charge in [0.2, 0.25) is 4.96 Å². The molecule has 5 heteroatoms. The Hall–Kier alpha value is -2.97. The van der Waals surface area contributed by atoms with E-state index in [0.717, 1.165) is 26.8 Å². The van der Waals surface area contributed by atoms with Gasteiger partial charge < -0.3 is 0 Å². The first kappa shape index (κ1) is 12.7. The van der Waals surface area contributed by atoms with E-state index in [9.17, 15) is 0 Å².